The standard InChI is InChI=1S/C21H30O10/c1-10(22)27-9-21-11(16(23)26-8)12(28-18(24)19(2,3)4)13(25-7)14(21)29-17-15(21)30-20(5,6)31-17/h13-15,17H,9H2,1-8H3/t13-,14+,15-,17+,21-/m0/s1. The molecule has 5 atom stereocenters. The molecule has 0 radical (unpaired) electrons. The van der Waals surface area contributed by atoms with Crippen LogP contribution in [-0.4, -0.2) is 69.1 Å². The number of fused-ring (bicyclic) bond motifs is 3. The van der Waals surface area contributed by atoms with Crippen LogP contribution in [0.3, 0.4) is 0 Å². The minimum atomic E-state index is -1.37. The van der Waals surface area contributed by atoms with Gasteiger partial charge in [0, 0.05) is 14.0 Å². The highest BCUT2D eigenvalue weighted by Gasteiger charge is 2.73. The van der Waals surface area contributed by atoms with Crippen LogP contribution in [0.1, 0.15) is 41.5 Å². The van der Waals surface area contributed by atoms with Crippen LogP contribution in [0.15, 0.2) is 11.3 Å². The molecule has 1 aliphatic carbocycles. The molecule has 0 aromatic rings. The minimum absolute atomic E-state index is 0.0282. The molecule has 2 aliphatic heterocycles. The van der Waals surface area contributed by atoms with Crippen LogP contribution in [0.5, 0.6) is 0 Å². The molecule has 0 amide bonds. The van der Waals surface area contributed by atoms with E-state index in [0.717, 1.165) is 0 Å². The summed E-state index contributed by atoms with van der Waals surface area (Å²) in [5, 5.41) is 0. The maximum Gasteiger partial charge on any atom is 0.338 e. The summed E-state index contributed by atoms with van der Waals surface area (Å²) in [5.41, 5.74) is -2.25. The predicted octanol–water partition coefficient (Wildman–Crippen LogP) is 1.46. The van der Waals surface area contributed by atoms with Gasteiger partial charge < -0.3 is 33.2 Å². The van der Waals surface area contributed by atoms with E-state index in [1.54, 1.807) is 34.6 Å². The summed E-state index contributed by atoms with van der Waals surface area (Å²) in [6, 6.07) is 0. The second kappa shape index (κ2) is 7.84. The zero-order valence-electron chi connectivity index (χ0n) is 19.1. The molecule has 10 nitrogen and oxygen atoms in total. The Labute approximate surface area is 181 Å². The van der Waals surface area contributed by atoms with Gasteiger partial charge in [0.05, 0.1) is 18.1 Å². The molecule has 2 heterocycles. The van der Waals surface area contributed by atoms with E-state index in [0.29, 0.717) is 0 Å². The predicted molar refractivity (Wildman–Crippen MR) is 103 cm³/mol. The zero-order valence-corrected chi connectivity index (χ0v) is 19.1. The molecule has 2 fully saturated rings. The van der Waals surface area contributed by atoms with Crippen LogP contribution in [-0.2, 0) is 47.5 Å². The first-order valence-electron chi connectivity index (χ1n) is 10.0. The zero-order chi connectivity index (χ0) is 23.4. The van der Waals surface area contributed by atoms with E-state index in [2.05, 4.69) is 0 Å². The second-order valence-electron chi connectivity index (χ2n) is 9.33. The van der Waals surface area contributed by atoms with Crippen molar-refractivity contribution in [3.05, 3.63) is 11.3 Å². The molecule has 0 unspecified atom stereocenters. The van der Waals surface area contributed by atoms with E-state index >= 15 is 0 Å². The van der Waals surface area contributed by atoms with Gasteiger partial charge in [-0.3, -0.25) is 9.59 Å². The second-order valence-corrected chi connectivity index (χ2v) is 9.33. The molecule has 10 heteroatoms. The van der Waals surface area contributed by atoms with Gasteiger partial charge in [-0.25, -0.2) is 4.79 Å². The van der Waals surface area contributed by atoms with Crippen molar-refractivity contribution in [1.29, 1.82) is 0 Å². The summed E-state index contributed by atoms with van der Waals surface area (Å²) >= 11 is 0. The Morgan fingerprint density at radius 3 is 2.23 bits per heavy atom. The largest absolute Gasteiger partial charge is 0.466 e. The van der Waals surface area contributed by atoms with E-state index in [1.165, 1.54) is 21.1 Å². The number of esters is 3. The van der Waals surface area contributed by atoms with Gasteiger partial charge in [-0.1, -0.05) is 0 Å². The average molecular weight is 442 g/mol. The summed E-state index contributed by atoms with van der Waals surface area (Å²) in [5.74, 6) is -2.97. The molecule has 0 bridgehead atoms. The van der Waals surface area contributed by atoms with E-state index in [-0.39, 0.29) is 17.9 Å². The molecule has 174 valence electrons. The average Bonchev–Trinajstić information content (AvgIpc) is 3.20. The van der Waals surface area contributed by atoms with Crippen molar-refractivity contribution >= 4 is 17.9 Å². The lowest BCUT2D eigenvalue weighted by Gasteiger charge is -2.34. The first kappa shape index (κ1) is 23.6. The Bertz CT molecular complexity index is 807. The number of hydrogen-bond donors (Lipinski definition) is 0. The summed E-state index contributed by atoms with van der Waals surface area (Å²) in [4.78, 5) is 37.5. The summed E-state index contributed by atoms with van der Waals surface area (Å²) < 4.78 is 39.7. The van der Waals surface area contributed by atoms with Gasteiger partial charge in [-0.05, 0) is 34.6 Å². The first-order valence-corrected chi connectivity index (χ1v) is 10.0. The molecule has 0 aromatic carbocycles. The highest BCUT2D eigenvalue weighted by molar-refractivity contribution is 5.93. The molecular weight excluding hydrogens is 412 g/mol. The molecule has 0 spiro atoms. The van der Waals surface area contributed by atoms with Crippen LogP contribution in [0.25, 0.3) is 0 Å². The summed E-state index contributed by atoms with van der Waals surface area (Å²) in [7, 11) is 2.60. The van der Waals surface area contributed by atoms with Gasteiger partial charge in [0.1, 0.15) is 30.3 Å². The van der Waals surface area contributed by atoms with Crippen molar-refractivity contribution in [2.45, 2.75) is 71.9 Å². The van der Waals surface area contributed by atoms with Crippen LogP contribution in [0.2, 0.25) is 0 Å². The van der Waals surface area contributed by atoms with E-state index in [1.807, 2.05) is 0 Å². The number of ether oxygens (including phenoxy) is 7. The molecule has 0 N–H and O–H groups in total. The first-order chi connectivity index (χ1) is 14.3. The van der Waals surface area contributed by atoms with E-state index < -0.39 is 59.1 Å². The Morgan fingerprint density at radius 2 is 1.71 bits per heavy atom. The van der Waals surface area contributed by atoms with Crippen LogP contribution in [0.4, 0.5) is 0 Å². The highest BCUT2D eigenvalue weighted by Crippen LogP contribution is 2.59. The third-order valence-corrected chi connectivity index (χ3v) is 5.57. The topological polar surface area (TPSA) is 116 Å². The highest BCUT2D eigenvalue weighted by atomic mass is 16.8. The quantitative estimate of drug-likeness (QED) is 0.458. The van der Waals surface area contributed by atoms with Crippen molar-refractivity contribution in [2.75, 3.05) is 20.8 Å². The maximum absolute atomic E-state index is 13.0. The fourth-order valence-corrected chi connectivity index (χ4v) is 4.18. The van der Waals surface area contributed by atoms with Gasteiger partial charge in [0.25, 0.3) is 0 Å². The third-order valence-electron chi connectivity index (χ3n) is 5.57. The SMILES string of the molecule is COC(=O)C1=C(OC(=O)C(C)(C)C)[C@H](OC)[C@H]2O[C@@H]3OC(C)(C)O[C@@H]3[C@@]12COC(C)=O. The fourth-order valence-electron chi connectivity index (χ4n) is 4.18. The molecule has 0 aromatic heterocycles. The van der Waals surface area contributed by atoms with Crippen molar-refractivity contribution in [3.8, 4) is 0 Å². The lowest BCUT2D eigenvalue weighted by Crippen LogP contribution is -2.49. The lowest BCUT2D eigenvalue weighted by molar-refractivity contribution is -0.227. The number of carbonyl (C=O) groups is 3. The lowest BCUT2D eigenvalue weighted by atomic mass is 9.75. The smallest absolute Gasteiger partial charge is 0.338 e. The Hall–Kier alpha value is -2.01. The van der Waals surface area contributed by atoms with Crippen LogP contribution >= 0.6 is 0 Å². The van der Waals surface area contributed by atoms with Crippen molar-refractivity contribution in [2.24, 2.45) is 10.8 Å². The summed E-state index contributed by atoms with van der Waals surface area (Å²) in [6.07, 6.45) is -3.55. The van der Waals surface area contributed by atoms with Crippen LogP contribution in [0, 0.1) is 10.8 Å². The van der Waals surface area contributed by atoms with Gasteiger partial charge in [-0.2, -0.15) is 0 Å². The number of carbonyl (C=O) groups excluding carboxylic acids is 3. The van der Waals surface area contributed by atoms with Crippen molar-refractivity contribution in [1.82, 2.24) is 0 Å². The van der Waals surface area contributed by atoms with Crippen molar-refractivity contribution in [3.63, 3.8) is 0 Å². The normalized spacial score (nSPS) is 33.7. The molecule has 31 heavy (non-hydrogen) atoms. The summed E-state index contributed by atoms with van der Waals surface area (Å²) in [6.45, 7) is 9.42. The Morgan fingerprint density at radius 1 is 1.06 bits per heavy atom. The monoisotopic (exact) mass is 442 g/mol. The Balaban J connectivity index is 2.20. The van der Waals surface area contributed by atoms with E-state index in [4.69, 9.17) is 33.2 Å². The fraction of sp³-hybridized carbons (Fsp3) is 0.762. The number of rotatable bonds is 5. The molecule has 3 rings (SSSR count). The van der Waals surface area contributed by atoms with Gasteiger partial charge in [0.2, 0.25) is 0 Å². The van der Waals surface area contributed by atoms with Gasteiger partial charge in [0.15, 0.2) is 17.8 Å². The number of methoxy groups -OCH3 is 2. The van der Waals surface area contributed by atoms with Gasteiger partial charge in [-0.15, -0.1) is 0 Å². The molecule has 0 saturated carbocycles. The Kier molecular flexibility index (Phi) is 5.98. The molecule has 2 saturated heterocycles. The molecule has 3 aliphatic rings. The maximum atomic E-state index is 13.0. The third kappa shape index (κ3) is 3.86. The van der Waals surface area contributed by atoms with Crippen molar-refractivity contribution < 1.29 is 47.5 Å². The molecular formula is C21H30O10. The number of hydrogen-bond acceptors (Lipinski definition) is 10. The van der Waals surface area contributed by atoms with Crippen LogP contribution < -0.4 is 0 Å². The van der Waals surface area contributed by atoms with E-state index in [9.17, 15) is 14.4 Å². The van der Waals surface area contributed by atoms with Gasteiger partial charge >= 0.3 is 17.9 Å². The minimum Gasteiger partial charge on any atom is -0.466 e.